The highest BCUT2D eigenvalue weighted by Gasteiger charge is 2.05. The predicted molar refractivity (Wildman–Crippen MR) is 49.9 cm³/mol. The Hall–Kier alpha value is -2.08. The van der Waals surface area contributed by atoms with Crippen molar-refractivity contribution < 1.29 is 9.13 Å². The molecule has 8 nitrogen and oxygen atoms in total. The fraction of sp³-hybridized carbons (Fsp3) is 0. The third-order valence-electron chi connectivity index (χ3n) is 1.54. The predicted octanol–water partition coefficient (Wildman–Crippen LogP) is 0.213. The van der Waals surface area contributed by atoms with E-state index in [-0.39, 0.29) is 17.1 Å². The zero-order chi connectivity index (χ0) is 10.8. The van der Waals surface area contributed by atoms with Crippen LogP contribution in [-0.2, 0) is 9.13 Å². The number of hydrogen-bond acceptors (Lipinski definition) is 6. The highest BCUT2D eigenvalue weighted by molar-refractivity contribution is 7.32. The lowest BCUT2D eigenvalue weighted by Crippen LogP contribution is -2.12. The van der Waals surface area contributed by atoms with Crippen LogP contribution in [0, 0.1) is 0 Å². The van der Waals surface area contributed by atoms with Gasteiger partial charge in [-0.1, -0.05) is 0 Å². The molecule has 76 valence electrons. The summed E-state index contributed by atoms with van der Waals surface area (Å²) in [6.07, 6.45) is 2.70. The number of fused-ring (bicyclic) bond motifs is 1. The van der Waals surface area contributed by atoms with Crippen molar-refractivity contribution in [1.82, 2.24) is 19.9 Å². The first kappa shape index (κ1) is 9.47. The lowest BCUT2D eigenvalue weighted by atomic mass is 10.5. The minimum Gasteiger partial charge on any atom is -0.290 e. The van der Waals surface area contributed by atoms with Crippen LogP contribution in [0.5, 0.6) is 0 Å². The lowest BCUT2D eigenvalue weighted by molar-refractivity contribution is 0.519. The van der Waals surface area contributed by atoms with Gasteiger partial charge in [0.25, 0.3) is 5.56 Å². The Balaban J connectivity index is 2.67. The number of aromatic amines is 1. The Kier molecular flexibility index (Phi) is 2.26. The molecule has 15 heavy (non-hydrogen) atoms. The van der Waals surface area contributed by atoms with Crippen molar-refractivity contribution in [2.24, 2.45) is 0 Å². The third kappa shape index (κ3) is 1.89. The first-order valence-electron chi connectivity index (χ1n) is 3.79. The Labute approximate surface area is 82.7 Å². The van der Waals surface area contributed by atoms with E-state index < -0.39 is 13.4 Å². The molecule has 0 aromatic carbocycles. The van der Waals surface area contributed by atoms with Gasteiger partial charge in [-0.05, 0) is 0 Å². The number of nitrogens with one attached hydrogen (secondary N) is 2. The largest absolute Gasteiger partial charge is 0.426 e. The van der Waals surface area contributed by atoms with E-state index in [0.717, 1.165) is 0 Å². The van der Waals surface area contributed by atoms with E-state index in [9.17, 15) is 13.9 Å². The molecule has 0 radical (unpaired) electrons. The molecule has 0 aliphatic heterocycles. The maximum absolute atomic E-state index is 11.3. The van der Waals surface area contributed by atoms with Crippen LogP contribution in [0.3, 0.4) is 0 Å². The Morgan fingerprint density at radius 1 is 1.27 bits per heavy atom. The van der Waals surface area contributed by atoms with Crippen LogP contribution in [0.25, 0.3) is 11.2 Å². The first-order valence-corrected chi connectivity index (χ1v) is 4.96. The molecule has 2 aromatic heterocycles. The van der Waals surface area contributed by atoms with Crippen LogP contribution in [0.2, 0.25) is 0 Å². The molecular formula is C6H4N5O3P. The number of nitrogens with zero attached hydrogens (tertiary/aromatic N) is 3. The lowest BCUT2D eigenvalue weighted by Gasteiger charge is -1.97. The molecule has 2 heterocycles. The summed E-state index contributed by atoms with van der Waals surface area (Å²) in [6.45, 7) is 0. The molecule has 9 heteroatoms. The summed E-state index contributed by atoms with van der Waals surface area (Å²) >= 11 is 0. The zero-order valence-corrected chi connectivity index (χ0v) is 8.06. The van der Waals surface area contributed by atoms with E-state index in [1.807, 2.05) is 5.09 Å². The number of hydrogen-bond donors (Lipinski definition) is 2. The van der Waals surface area contributed by atoms with Gasteiger partial charge in [-0.2, -0.15) is 4.98 Å². The van der Waals surface area contributed by atoms with Crippen LogP contribution in [0.15, 0.2) is 17.2 Å². The number of anilines is 1. The first-order chi connectivity index (χ1) is 7.16. The third-order valence-corrected chi connectivity index (χ3v) is 1.94. The molecule has 0 saturated carbocycles. The molecule has 2 aromatic rings. The second kappa shape index (κ2) is 3.58. The smallest absolute Gasteiger partial charge is 0.290 e. The van der Waals surface area contributed by atoms with Crippen LogP contribution >= 0.6 is 7.83 Å². The van der Waals surface area contributed by atoms with Gasteiger partial charge in [0.2, 0.25) is 5.95 Å². The maximum atomic E-state index is 11.3. The summed E-state index contributed by atoms with van der Waals surface area (Å²) in [5, 5.41) is 1.96. The van der Waals surface area contributed by atoms with Crippen molar-refractivity contribution in [2.75, 3.05) is 5.09 Å². The normalized spacial score (nSPS) is 10.1. The van der Waals surface area contributed by atoms with E-state index in [1.165, 1.54) is 12.4 Å². The summed E-state index contributed by atoms with van der Waals surface area (Å²) in [5.74, 6) is -0.177. The summed E-state index contributed by atoms with van der Waals surface area (Å²) in [4.78, 5) is 24.8. The van der Waals surface area contributed by atoms with E-state index in [4.69, 9.17) is 0 Å². The SMILES string of the molecule is O=c1[nH]c(NP(=O)=O)nc2nccnc12. The zero-order valence-electron chi connectivity index (χ0n) is 7.17. The molecule has 0 saturated heterocycles. The summed E-state index contributed by atoms with van der Waals surface area (Å²) in [7, 11) is -2.88. The fourth-order valence-electron chi connectivity index (χ4n) is 1.01. The van der Waals surface area contributed by atoms with E-state index in [2.05, 4.69) is 19.9 Å². The molecule has 0 bridgehead atoms. The molecule has 0 spiro atoms. The summed E-state index contributed by atoms with van der Waals surface area (Å²) < 4.78 is 20.7. The molecular weight excluding hydrogens is 221 g/mol. The Morgan fingerprint density at radius 2 is 2.00 bits per heavy atom. The molecule has 0 aliphatic carbocycles. The minimum absolute atomic E-state index is 0.0594. The maximum Gasteiger partial charge on any atom is 0.426 e. The number of aromatic nitrogens is 4. The van der Waals surface area contributed by atoms with Crippen LogP contribution in [0.4, 0.5) is 5.95 Å². The van der Waals surface area contributed by atoms with E-state index >= 15 is 0 Å². The van der Waals surface area contributed by atoms with Gasteiger partial charge in [0, 0.05) is 12.4 Å². The highest BCUT2D eigenvalue weighted by atomic mass is 31.1. The van der Waals surface area contributed by atoms with Gasteiger partial charge in [0.15, 0.2) is 11.2 Å². The van der Waals surface area contributed by atoms with Crippen molar-refractivity contribution in [3.8, 4) is 0 Å². The number of H-pyrrole nitrogens is 1. The van der Waals surface area contributed by atoms with Gasteiger partial charge in [-0.3, -0.25) is 9.78 Å². The van der Waals surface area contributed by atoms with Gasteiger partial charge in [-0.15, -0.1) is 0 Å². The van der Waals surface area contributed by atoms with Crippen LogP contribution < -0.4 is 10.6 Å². The standard InChI is InChI=1S/C6H4N5O3P/c12-5-3-4(8-2-1-7-3)9-6(10-5)11-15(13)14/h1-2H,(H2,8,9,10,11,12,13,14). The van der Waals surface area contributed by atoms with Crippen LogP contribution in [0.1, 0.15) is 0 Å². The van der Waals surface area contributed by atoms with E-state index in [0.29, 0.717) is 0 Å². The van der Waals surface area contributed by atoms with Gasteiger partial charge >= 0.3 is 7.83 Å². The highest BCUT2D eigenvalue weighted by Crippen LogP contribution is 2.08. The summed E-state index contributed by atoms with van der Waals surface area (Å²) in [5.41, 5.74) is -0.405. The quantitative estimate of drug-likeness (QED) is 0.701. The Bertz CT molecular complexity index is 626. The fourth-order valence-corrected chi connectivity index (χ4v) is 1.29. The van der Waals surface area contributed by atoms with Gasteiger partial charge in [-0.25, -0.2) is 24.2 Å². The number of rotatable bonds is 2. The molecule has 0 unspecified atom stereocenters. The minimum atomic E-state index is -2.88. The molecule has 0 fully saturated rings. The monoisotopic (exact) mass is 225 g/mol. The van der Waals surface area contributed by atoms with Crippen molar-refractivity contribution in [2.45, 2.75) is 0 Å². The average molecular weight is 225 g/mol. The van der Waals surface area contributed by atoms with Crippen molar-refractivity contribution in [1.29, 1.82) is 0 Å². The average Bonchev–Trinajstić information content (AvgIpc) is 2.16. The van der Waals surface area contributed by atoms with Crippen LogP contribution in [-0.4, -0.2) is 19.9 Å². The van der Waals surface area contributed by atoms with E-state index in [1.54, 1.807) is 0 Å². The second-order valence-electron chi connectivity index (χ2n) is 2.51. The topological polar surface area (TPSA) is 118 Å². The van der Waals surface area contributed by atoms with Gasteiger partial charge in [0.1, 0.15) is 0 Å². The van der Waals surface area contributed by atoms with Crippen molar-refractivity contribution in [3.05, 3.63) is 22.7 Å². The summed E-state index contributed by atoms with van der Waals surface area (Å²) in [6, 6.07) is 0. The Morgan fingerprint density at radius 3 is 2.73 bits per heavy atom. The molecule has 2 rings (SSSR count). The molecule has 0 amide bonds. The second-order valence-corrected chi connectivity index (χ2v) is 3.25. The van der Waals surface area contributed by atoms with Crippen molar-refractivity contribution in [3.63, 3.8) is 0 Å². The van der Waals surface area contributed by atoms with Crippen molar-refractivity contribution >= 4 is 24.9 Å². The molecule has 0 aliphatic rings. The van der Waals surface area contributed by atoms with Gasteiger partial charge < -0.3 is 0 Å². The van der Waals surface area contributed by atoms with Gasteiger partial charge in [0.05, 0.1) is 0 Å². The molecule has 0 atom stereocenters. The molecule has 2 N–H and O–H groups in total.